The van der Waals surface area contributed by atoms with E-state index in [4.69, 9.17) is 9.84 Å². The Morgan fingerprint density at radius 3 is 2.67 bits per heavy atom. The van der Waals surface area contributed by atoms with Crippen molar-refractivity contribution < 1.29 is 23.1 Å². The summed E-state index contributed by atoms with van der Waals surface area (Å²) in [4.78, 5) is 15.0. The van der Waals surface area contributed by atoms with Gasteiger partial charge in [0.15, 0.2) is 0 Å². The van der Waals surface area contributed by atoms with Crippen LogP contribution in [0.15, 0.2) is 47.5 Å². The van der Waals surface area contributed by atoms with Crippen LogP contribution in [0.25, 0.3) is 0 Å². The first-order chi connectivity index (χ1) is 11.3. The number of sulfonamides is 1. The average molecular weight is 350 g/mol. The molecule has 0 aliphatic rings. The molecular formula is C16H18N2O5S. The highest BCUT2D eigenvalue weighted by Gasteiger charge is 2.23. The molecule has 24 heavy (non-hydrogen) atoms. The highest BCUT2D eigenvalue weighted by molar-refractivity contribution is 7.89. The lowest BCUT2D eigenvalue weighted by Gasteiger charge is -2.16. The number of carboxylic acids is 1. The predicted octanol–water partition coefficient (Wildman–Crippen LogP) is 1.70. The molecule has 0 saturated carbocycles. The Bertz CT molecular complexity index is 822. The van der Waals surface area contributed by atoms with Gasteiger partial charge in [0.25, 0.3) is 0 Å². The lowest BCUT2D eigenvalue weighted by molar-refractivity contribution is 0.0696. The van der Waals surface area contributed by atoms with Gasteiger partial charge in [-0.15, -0.1) is 0 Å². The van der Waals surface area contributed by atoms with Crippen LogP contribution in [0, 0.1) is 0 Å². The molecule has 0 saturated heterocycles. The molecule has 0 bridgehead atoms. The molecule has 1 aromatic heterocycles. The largest absolute Gasteiger partial charge is 0.495 e. The molecule has 0 radical (unpaired) electrons. The lowest BCUT2D eigenvalue weighted by atomic mass is 10.2. The van der Waals surface area contributed by atoms with Gasteiger partial charge < -0.3 is 9.84 Å². The van der Waals surface area contributed by atoms with Crippen LogP contribution in [0.2, 0.25) is 0 Å². The zero-order valence-corrected chi connectivity index (χ0v) is 14.1. The van der Waals surface area contributed by atoms with E-state index in [1.807, 2.05) is 12.1 Å². The first-order valence-electron chi connectivity index (χ1n) is 7.17. The summed E-state index contributed by atoms with van der Waals surface area (Å²) in [6.45, 7) is 1.73. The number of hydrogen-bond donors (Lipinski definition) is 2. The fraction of sp³-hybridized carbons (Fsp3) is 0.250. The fourth-order valence-corrected chi connectivity index (χ4v) is 3.62. The number of nitrogens with zero attached hydrogens (tertiary/aromatic N) is 1. The van der Waals surface area contributed by atoms with Crippen molar-refractivity contribution in [3.63, 3.8) is 0 Å². The van der Waals surface area contributed by atoms with Crippen molar-refractivity contribution in [2.75, 3.05) is 7.11 Å². The van der Waals surface area contributed by atoms with Crippen molar-refractivity contribution >= 4 is 16.0 Å². The molecule has 2 aromatic rings. The first kappa shape index (κ1) is 17.9. The van der Waals surface area contributed by atoms with Crippen LogP contribution in [-0.2, 0) is 16.4 Å². The van der Waals surface area contributed by atoms with E-state index in [1.54, 1.807) is 19.2 Å². The van der Waals surface area contributed by atoms with Crippen molar-refractivity contribution in [1.82, 2.24) is 9.71 Å². The zero-order valence-electron chi connectivity index (χ0n) is 13.3. The van der Waals surface area contributed by atoms with E-state index in [1.165, 1.54) is 25.3 Å². The maximum atomic E-state index is 12.5. The Morgan fingerprint density at radius 1 is 1.33 bits per heavy atom. The van der Waals surface area contributed by atoms with Crippen molar-refractivity contribution in [3.8, 4) is 5.75 Å². The van der Waals surface area contributed by atoms with Crippen LogP contribution in [0.3, 0.4) is 0 Å². The van der Waals surface area contributed by atoms with Gasteiger partial charge in [-0.3, -0.25) is 4.98 Å². The minimum absolute atomic E-state index is 0.0209. The van der Waals surface area contributed by atoms with Gasteiger partial charge in [-0.05, 0) is 37.3 Å². The number of carboxylic acid groups (broad SMARTS) is 1. The third-order valence-corrected chi connectivity index (χ3v) is 4.93. The summed E-state index contributed by atoms with van der Waals surface area (Å²) >= 11 is 0. The summed E-state index contributed by atoms with van der Waals surface area (Å²) in [6.07, 6.45) is 2.07. The van der Waals surface area contributed by atoms with Crippen LogP contribution >= 0.6 is 0 Å². The molecular weight excluding hydrogens is 332 g/mol. The molecule has 0 spiro atoms. The molecule has 2 rings (SSSR count). The summed E-state index contributed by atoms with van der Waals surface area (Å²) < 4.78 is 32.6. The Hall–Kier alpha value is -2.45. The molecule has 7 nitrogen and oxygen atoms in total. The molecule has 1 heterocycles. The Balaban J connectivity index is 2.22. The quantitative estimate of drug-likeness (QED) is 0.787. The van der Waals surface area contributed by atoms with E-state index in [0.717, 1.165) is 5.69 Å². The average Bonchev–Trinajstić information content (AvgIpc) is 2.54. The SMILES string of the molecule is COc1cc(C(=O)O)ccc1S(=O)(=O)NC(C)Cc1ccccn1. The number of benzene rings is 1. The van der Waals surface area contributed by atoms with Crippen LogP contribution in [-0.4, -0.2) is 37.6 Å². The van der Waals surface area contributed by atoms with Crippen molar-refractivity contribution in [2.45, 2.75) is 24.3 Å². The molecule has 0 aliphatic carbocycles. The standard InChI is InChI=1S/C16H18N2O5S/c1-11(9-13-5-3-4-8-17-13)18-24(21,22)15-7-6-12(16(19)20)10-14(15)23-2/h3-8,10-11,18H,9H2,1-2H3,(H,19,20). The molecule has 2 N–H and O–H groups in total. The number of hydrogen-bond acceptors (Lipinski definition) is 5. The zero-order chi connectivity index (χ0) is 17.7. The highest BCUT2D eigenvalue weighted by atomic mass is 32.2. The molecule has 0 amide bonds. The second-order valence-corrected chi connectivity index (χ2v) is 6.90. The minimum atomic E-state index is -3.86. The monoisotopic (exact) mass is 350 g/mol. The van der Waals surface area contributed by atoms with E-state index in [-0.39, 0.29) is 16.2 Å². The molecule has 1 atom stereocenters. The lowest BCUT2D eigenvalue weighted by Crippen LogP contribution is -2.34. The minimum Gasteiger partial charge on any atom is -0.495 e. The van der Waals surface area contributed by atoms with Gasteiger partial charge in [0.1, 0.15) is 10.6 Å². The summed E-state index contributed by atoms with van der Waals surface area (Å²) in [7, 11) is -2.57. The molecule has 1 unspecified atom stereocenters. The molecule has 128 valence electrons. The van der Waals surface area contributed by atoms with Crippen molar-refractivity contribution in [1.29, 1.82) is 0 Å². The maximum absolute atomic E-state index is 12.5. The molecule has 0 aliphatic heterocycles. The van der Waals surface area contributed by atoms with Crippen LogP contribution in [0.1, 0.15) is 23.0 Å². The van der Waals surface area contributed by atoms with Crippen molar-refractivity contribution in [2.24, 2.45) is 0 Å². The van der Waals surface area contributed by atoms with E-state index in [0.29, 0.717) is 6.42 Å². The molecule has 1 aromatic carbocycles. The van der Waals surface area contributed by atoms with Gasteiger partial charge in [-0.25, -0.2) is 17.9 Å². The van der Waals surface area contributed by atoms with Gasteiger partial charge in [0.2, 0.25) is 10.0 Å². The van der Waals surface area contributed by atoms with Gasteiger partial charge in [-0.2, -0.15) is 0 Å². The van der Waals surface area contributed by atoms with Crippen LogP contribution in [0.4, 0.5) is 0 Å². The molecule has 8 heteroatoms. The third-order valence-electron chi connectivity index (χ3n) is 3.30. The number of aromatic nitrogens is 1. The number of pyridine rings is 1. The van der Waals surface area contributed by atoms with Gasteiger partial charge in [0.05, 0.1) is 12.7 Å². The molecule has 0 fully saturated rings. The third kappa shape index (κ3) is 4.30. The normalized spacial score (nSPS) is 12.6. The predicted molar refractivity (Wildman–Crippen MR) is 87.7 cm³/mol. The topological polar surface area (TPSA) is 106 Å². The van der Waals surface area contributed by atoms with E-state index in [9.17, 15) is 13.2 Å². The van der Waals surface area contributed by atoms with Gasteiger partial charge in [-0.1, -0.05) is 6.07 Å². The van der Waals surface area contributed by atoms with Gasteiger partial charge >= 0.3 is 5.97 Å². The number of ether oxygens (including phenoxy) is 1. The Morgan fingerprint density at radius 2 is 2.08 bits per heavy atom. The summed E-state index contributed by atoms with van der Waals surface area (Å²) in [5.74, 6) is -1.18. The van der Waals surface area contributed by atoms with Crippen LogP contribution in [0.5, 0.6) is 5.75 Å². The van der Waals surface area contributed by atoms with Gasteiger partial charge in [0, 0.05) is 24.4 Å². The first-order valence-corrected chi connectivity index (χ1v) is 8.65. The summed E-state index contributed by atoms with van der Waals surface area (Å²) in [5, 5.41) is 8.98. The van der Waals surface area contributed by atoms with Crippen molar-refractivity contribution in [3.05, 3.63) is 53.9 Å². The maximum Gasteiger partial charge on any atom is 0.335 e. The second-order valence-electron chi connectivity index (χ2n) is 5.22. The van der Waals surface area contributed by atoms with E-state index in [2.05, 4.69) is 9.71 Å². The number of nitrogens with one attached hydrogen (secondary N) is 1. The smallest absolute Gasteiger partial charge is 0.335 e. The Kier molecular flexibility index (Phi) is 5.53. The van der Waals surface area contributed by atoms with Crippen LogP contribution < -0.4 is 9.46 Å². The second kappa shape index (κ2) is 7.41. The summed E-state index contributed by atoms with van der Waals surface area (Å²) in [5.41, 5.74) is 0.716. The fourth-order valence-electron chi connectivity index (χ4n) is 2.23. The number of methoxy groups -OCH3 is 1. The highest BCUT2D eigenvalue weighted by Crippen LogP contribution is 2.25. The van der Waals surface area contributed by atoms with E-state index >= 15 is 0 Å². The number of rotatable bonds is 7. The number of carbonyl (C=O) groups is 1. The Labute approximate surface area is 140 Å². The van der Waals surface area contributed by atoms with E-state index < -0.39 is 22.0 Å². The summed E-state index contributed by atoms with van der Waals surface area (Å²) in [6, 6.07) is 8.66. The number of aromatic carboxylic acids is 1.